The highest BCUT2D eigenvalue weighted by Gasteiger charge is 2.34. The minimum absolute atomic E-state index is 0.117. The van der Waals surface area contributed by atoms with Gasteiger partial charge in [-0.05, 0) is 38.8 Å². The van der Waals surface area contributed by atoms with Gasteiger partial charge >= 0.3 is 0 Å². The highest BCUT2D eigenvalue weighted by molar-refractivity contribution is 5.89. The fraction of sp³-hybridized carbons (Fsp3) is 0.478. The minimum Gasteiger partial charge on any atom is -0.507 e. The molecule has 2 aliphatic heterocycles. The summed E-state index contributed by atoms with van der Waals surface area (Å²) in [6.45, 7) is 5.11. The SMILES string of the molecule is CCn1c(C)c(F)c2cc(-c3ncc(N(C)C4CC5COCC(C4)N5)nn3)c(O)cc2c1=O. The predicted octanol–water partition coefficient (Wildman–Crippen LogP) is 1.98. The van der Waals surface area contributed by atoms with Gasteiger partial charge in [-0.25, -0.2) is 9.37 Å². The molecule has 2 N–H and O–H groups in total. The second-order valence-corrected chi connectivity index (χ2v) is 8.84. The zero-order valence-corrected chi connectivity index (χ0v) is 18.9. The fourth-order valence-electron chi connectivity index (χ4n) is 4.98. The lowest BCUT2D eigenvalue weighted by atomic mass is 9.92. The number of pyridine rings is 1. The molecule has 0 radical (unpaired) electrons. The van der Waals surface area contributed by atoms with Gasteiger partial charge in [0, 0.05) is 37.1 Å². The number of nitrogens with one attached hydrogen (secondary N) is 1. The highest BCUT2D eigenvalue weighted by atomic mass is 19.1. The topological polar surface area (TPSA) is 105 Å². The maximum absolute atomic E-state index is 15.0. The van der Waals surface area contributed by atoms with Gasteiger partial charge in [0.05, 0.1) is 36.1 Å². The molecule has 10 heteroatoms. The van der Waals surface area contributed by atoms with Gasteiger partial charge < -0.3 is 24.6 Å². The van der Waals surface area contributed by atoms with Crippen molar-refractivity contribution in [1.29, 1.82) is 0 Å². The monoisotopic (exact) mass is 454 g/mol. The Morgan fingerprint density at radius 3 is 2.61 bits per heavy atom. The zero-order chi connectivity index (χ0) is 23.3. The molecule has 2 unspecified atom stereocenters. The van der Waals surface area contributed by atoms with Crippen LogP contribution in [0.1, 0.15) is 25.5 Å². The molecule has 3 aromatic rings. The third-order valence-corrected chi connectivity index (χ3v) is 6.81. The van der Waals surface area contributed by atoms with Crippen LogP contribution in [0.25, 0.3) is 22.2 Å². The van der Waals surface area contributed by atoms with E-state index < -0.39 is 5.82 Å². The number of halogens is 1. The smallest absolute Gasteiger partial charge is 0.258 e. The van der Waals surface area contributed by atoms with E-state index in [4.69, 9.17) is 4.74 Å². The molecule has 0 amide bonds. The first-order valence-electron chi connectivity index (χ1n) is 11.2. The normalized spacial score (nSPS) is 22.5. The maximum atomic E-state index is 15.0. The quantitative estimate of drug-likeness (QED) is 0.617. The minimum atomic E-state index is -0.502. The third kappa shape index (κ3) is 3.72. The Labute approximate surface area is 190 Å². The average molecular weight is 455 g/mol. The summed E-state index contributed by atoms with van der Waals surface area (Å²) in [4.78, 5) is 19.2. The van der Waals surface area contributed by atoms with Crippen LogP contribution < -0.4 is 15.8 Å². The van der Waals surface area contributed by atoms with Gasteiger partial charge in [-0.2, -0.15) is 0 Å². The van der Waals surface area contributed by atoms with E-state index in [0.717, 1.165) is 12.8 Å². The summed E-state index contributed by atoms with van der Waals surface area (Å²) in [7, 11) is 1.97. The van der Waals surface area contributed by atoms with Gasteiger partial charge in [0.15, 0.2) is 11.6 Å². The van der Waals surface area contributed by atoms with E-state index >= 15 is 4.39 Å². The first kappa shape index (κ1) is 21.7. The third-order valence-electron chi connectivity index (χ3n) is 6.81. The van der Waals surface area contributed by atoms with E-state index in [1.54, 1.807) is 20.0 Å². The first-order chi connectivity index (χ1) is 15.9. The van der Waals surface area contributed by atoms with E-state index in [0.29, 0.717) is 43.7 Å². The van der Waals surface area contributed by atoms with Crippen LogP contribution in [0.2, 0.25) is 0 Å². The summed E-state index contributed by atoms with van der Waals surface area (Å²) in [6.07, 6.45) is 3.49. The zero-order valence-electron chi connectivity index (χ0n) is 18.9. The number of anilines is 1. The summed E-state index contributed by atoms with van der Waals surface area (Å²) < 4.78 is 22.0. The largest absolute Gasteiger partial charge is 0.507 e. The molecule has 2 aromatic heterocycles. The summed E-state index contributed by atoms with van der Waals surface area (Å²) in [6, 6.07) is 3.65. The summed E-state index contributed by atoms with van der Waals surface area (Å²) in [5.74, 6) is 0.0914. The number of fused-ring (bicyclic) bond motifs is 3. The van der Waals surface area contributed by atoms with E-state index in [2.05, 4.69) is 25.4 Å². The fourth-order valence-corrected chi connectivity index (χ4v) is 4.98. The first-order valence-corrected chi connectivity index (χ1v) is 11.2. The average Bonchev–Trinajstić information content (AvgIpc) is 2.82. The van der Waals surface area contributed by atoms with Crippen molar-refractivity contribution in [3.63, 3.8) is 0 Å². The number of ether oxygens (including phenoxy) is 1. The Kier molecular flexibility index (Phi) is 5.49. The lowest BCUT2D eigenvalue weighted by molar-refractivity contribution is 0.0183. The lowest BCUT2D eigenvalue weighted by Crippen LogP contribution is -2.58. The summed E-state index contributed by atoms with van der Waals surface area (Å²) in [5, 5.41) is 22.9. The van der Waals surface area contributed by atoms with Gasteiger partial charge in [-0.15, -0.1) is 10.2 Å². The Balaban J connectivity index is 1.46. The molecule has 1 aromatic carbocycles. The van der Waals surface area contributed by atoms with Crippen molar-refractivity contribution < 1.29 is 14.2 Å². The van der Waals surface area contributed by atoms with E-state index in [1.807, 2.05) is 7.05 Å². The predicted molar refractivity (Wildman–Crippen MR) is 122 cm³/mol. The molecule has 9 nitrogen and oxygen atoms in total. The molecular weight excluding hydrogens is 427 g/mol. The number of aromatic nitrogens is 4. The second kappa shape index (κ2) is 8.35. The Bertz CT molecular complexity index is 1250. The standard InChI is InChI=1S/C23H27FN6O3/c1-4-30-12(2)21(24)16-7-18(19(31)8-17(16)23(30)32)22-25-9-20(27-28-22)29(3)15-5-13-10-33-11-14(6-15)26-13/h7-9,13-15,26,31H,4-6,10-11H2,1-3H3. The molecular formula is C23H27FN6O3. The van der Waals surface area contributed by atoms with Gasteiger partial charge in [-0.3, -0.25) is 4.79 Å². The molecule has 2 saturated heterocycles. The van der Waals surface area contributed by atoms with Crippen molar-refractivity contribution in [1.82, 2.24) is 25.1 Å². The second-order valence-electron chi connectivity index (χ2n) is 8.84. The summed E-state index contributed by atoms with van der Waals surface area (Å²) >= 11 is 0. The number of benzene rings is 1. The van der Waals surface area contributed by atoms with Crippen LogP contribution in [0.3, 0.4) is 0 Å². The van der Waals surface area contributed by atoms with Crippen molar-refractivity contribution in [2.75, 3.05) is 25.2 Å². The Morgan fingerprint density at radius 2 is 1.97 bits per heavy atom. The summed E-state index contributed by atoms with van der Waals surface area (Å²) in [5.41, 5.74) is 0.130. The molecule has 0 spiro atoms. The number of morpholine rings is 1. The molecule has 2 atom stereocenters. The molecule has 33 heavy (non-hydrogen) atoms. The molecule has 0 saturated carbocycles. The van der Waals surface area contributed by atoms with Crippen LogP contribution in [0.4, 0.5) is 10.2 Å². The van der Waals surface area contributed by atoms with Crippen LogP contribution in [0.15, 0.2) is 23.1 Å². The van der Waals surface area contributed by atoms with Gasteiger partial charge in [0.25, 0.3) is 5.56 Å². The van der Waals surface area contributed by atoms with Gasteiger partial charge in [0.2, 0.25) is 0 Å². The number of aromatic hydroxyl groups is 1. The van der Waals surface area contributed by atoms with Crippen LogP contribution in [0, 0.1) is 12.7 Å². The molecule has 2 bridgehead atoms. The number of nitrogens with zero attached hydrogens (tertiary/aromatic N) is 5. The van der Waals surface area contributed by atoms with E-state index in [-0.39, 0.29) is 39.2 Å². The van der Waals surface area contributed by atoms with Gasteiger partial charge in [0.1, 0.15) is 11.6 Å². The number of phenols is 1. The highest BCUT2D eigenvalue weighted by Crippen LogP contribution is 2.32. The van der Waals surface area contributed by atoms with E-state index in [9.17, 15) is 9.90 Å². The van der Waals surface area contributed by atoms with Crippen molar-refractivity contribution in [2.24, 2.45) is 0 Å². The number of piperidine rings is 1. The van der Waals surface area contributed by atoms with Crippen molar-refractivity contribution >= 4 is 16.6 Å². The van der Waals surface area contributed by atoms with Crippen LogP contribution in [0.5, 0.6) is 5.75 Å². The van der Waals surface area contributed by atoms with E-state index in [1.165, 1.54) is 16.7 Å². The van der Waals surface area contributed by atoms with Crippen LogP contribution in [-0.2, 0) is 11.3 Å². The van der Waals surface area contributed by atoms with Crippen LogP contribution in [-0.4, -0.2) is 63.2 Å². The molecule has 4 heterocycles. The van der Waals surface area contributed by atoms with Gasteiger partial charge in [-0.1, -0.05) is 0 Å². The molecule has 2 aliphatic rings. The molecule has 5 rings (SSSR count). The van der Waals surface area contributed by atoms with Crippen molar-refractivity contribution in [2.45, 2.75) is 51.4 Å². The Hall–Kier alpha value is -3.11. The number of hydrogen-bond donors (Lipinski definition) is 2. The number of phenolic OH excluding ortho intramolecular Hbond substituents is 1. The van der Waals surface area contributed by atoms with Crippen molar-refractivity contribution in [3.05, 3.63) is 40.2 Å². The Morgan fingerprint density at radius 1 is 1.24 bits per heavy atom. The van der Waals surface area contributed by atoms with Crippen LogP contribution >= 0.6 is 0 Å². The molecule has 0 aliphatic carbocycles. The van der Waals surface area contributed by atoms with Crippen molar-refractivity contribution in [3.8, 4) is 17.1 Å². The lowest BCUT2D eigenvalue weighted by Gasteiger charge is -2.43. The molecule has 2 fully saturated rings. The maximum Gasteiger partial charge on any atom is 0.258 e. The molecule has 174 valence electrons. The number of rotatable bonds is 4. The number of hydrogen-bond acceptors (Lipinski definition) is 8.